The van der Waals surface area contributed by atoms with E-state index in [1.807, 2.05) is 26.0 Å². The zero-order chi connectivity index (χ0) is 17.3. The fraction of sp³-hybridized carbons (Fsp3) is 0.353. The zero-order valence-electron chi connectivity index (χ0n) is 13.6. The molecule has 2 aromatic rings. The molecule has 0 bridgehead atoms. The van der Waals surface area contributed by atoms with Crippen molar-refractivity contribution in [2.75, 3.05) is 13.1 Å². The SMILES string of the molecule is Cc1cc(C)n(CC(=O)N2CCNC(=O)[C@@H]2c2ccccc2Cl)n1. The standard InChI is InChI=1S/C17H19ClN4O2/c1-11-9-12(2)22(20-11)10-15(23)21-8-7-19-17(24)16(21)13-5-3-4-6-14(13)18/h3-6,9,16H,7-8,10H2,1-2H3,(H,19,24)/t16-/m0/s1. The average molecular weight is 347 g/mol. The van der Waals surface area contributed by atoms with Crippen LogP contribution >= 0.6 is 11.6 Å². The number of hydrogen-bond acceptors (Lipinski definition) is 3. The first-order valence-electron chi connectivity index (χ1n) is 7.80. The summed E-state index contributed by atoms with van der Waals surface area (Å²) < 4.78 is 1.66. The quantitative estimate of drug-likeness (QED) is 0.922. The maximum absolute atomic E-state index is 12.8. The van der Waals surface area contributed by atoms with Crippen LogP contribution in [0.15, 0.2) is 30.3 Å². The van der Waals surface area contributed by atoms with E-state index in [2.05, 4.69) is 10.4 Å². The largest absolute Gasteiger partial charge is 0.352 e. The van der Waals surface area contributed by atoms with E-state index in [1.165, 1.54) is 0 Å². The molecule has 1 atom stereocenters. The summed E-state index contributed by atoms with van der Waals surface area (Å²) in [6, 6.07) is 8.32. The third-order valence-electron chi connectivity index (χ3n) is 4.12. The van der Waals surface area contributed by atoms with Gasteiger partial charge in [-0.25, -0.2) is 0 Å². The van der Waals surface area contributed by atoms with E-state index in [-0.39, 0.29) is 18.4 Å². The molecule has 0 unspecified atom stereocenters. The molecular formula is C17H19ClN4O2. The average Bonchev–Trinajstić information content (AvgIpc) is 2.85. The number of aryl methyl sites for hydroxylation is 2. The Morgan fingerprint density at radius 3 is 2.79 bits per heavy atom. The summed E-state index contributed by atoms with van der Waals surface area (Å²) in [6.45, 7) is 4.77. The molecule has 0 saturated carbocycles. The predicted molar refractivity (Wildman–Crippen MR) is 90.6 cm³/mol. The highest BCUT2D eigenvalue weighted by Crippen LogP contribution is 2.29. The molecule has 3 rings (SSSR count). The number of nitrogens with zero attached hydrogens (tertiary/aromatic N) is 3. The third-order valence-corrected chi connectivity index (χ3v) is 4.46. The van der Waals surface area contributed by atoms with Crippen molar-refractivity contribution in [3.8, 4) is 0 Å². The number of rotatable bonds is 3. The minimum atomic E-state index is -0.711. The van der Waals surface area contributed by atoms with Gasteiger partial charge in [-0.15, -0.1) is 0 Å². The Morgan fingerprint density at radius 2 is 2.12 bits per heavy atom. The normalized spacial score (nSPS) is 17.7. The maximum atomic E-state index is 12.8. The minimum absolute atomic E-state index is 0.105. The van der Waals surface area contributed by atoms with Crippen molar-refractivity contribution in [2.45, 2.75) is 26.4 Å². The van der Waals surface area contributed by atoms with E-state index in [1.54, 1.807) is 27.8 Å². The lowest BCUT2D eigenvalue weighted by Gasteiger charge is -2.35. The van der Waals surface area contributed by atoms with Crippen LogP contribution in [0.4, 0.5) is 0 Å². The number of halogens is 1. The van der Waals surface area contributed by atoms with Gasteiger partial charge in [-0.1, -0.05) is 29.8 Å². The first kappa shape index (κ1) is 16.5. The molecule has 0 aliphatic carbocycles. The van der Waals surface area contributed by atoms with Gasteiger partial charge in [0.2, 0.25) is 11.8 Å². The van der Waals surface area contributed by atoms with Crippen molar-refractivity contribution in [2.24, 2.45) is 0 Å². The Balaban J connectivity index is 1.89. The van der Waals surface area contributed by atoms with E-state index in [4.69, 9.17) is 11.6 Å². The number of aromatic nitrogens is 2. The summed E-state index contributed by atoms with van der Waals surface area (Å²) >= 11 is 6.25. The summed E-state index contributed by atoms with van der Waals surface area (Å²) in [5.41, 5.74) is 2.41. The van der Waals surface area contributed by atoms with Crippen molar-refractivity contribution >= 4 is 23.4 Å². The van der Waals surface area contributed by atoms with Gasteiger partial charge in [0.05, 0.1) is 5.69 Å². The van der Waals surface area contributed by atoms with E-state index in [0.29, 0.717) is 23.7 Å². The number of amides is 2. The molecule has 126 valence electrons. The second kappa shape index (κ2) is 6.65. The van der Waals surface area contributed by atoms with Gasteiger partial charge >= 0.3 is 0 Å². The fourth-order valence-corrected chi connectivity index (χ4v) is 3.23. The van der Waals surface area contributed by atoms with Gasteiger partial charge in [-0.2, -0.15) is 5.10 Å². The summed E-state index contributed by atoms with van der Waals surface area (Å²) in [5.74, 6) is -0.364. The van der Waals surface area contributed by atoms with E-state index in [9.17, 15) is 9.59 Å². The molecule has 6 nitrogen and oxygen atoms in total. The van der Waals surface area contributed by atoms with Crippen LogP contribution in [-0.2, 0) is 16.1 Å². The molecule has 1 aliphatic heterocycles. The third kappa shape index (κ3) is 3.14. The second-order valence-corrected chi connectivity index (χ2v) is 6.29. The fourth-order valence-electron chi connectivity index (χ4n) is 3.00. The van der Waals surface area contributed by atoms with Crippen LogP contribution in [0.2, 0.25) is 5.02 Å². The van der Waals surface area contributed by atoms with Gasteiger partial charge in [0.15, 0.2) is 0 Å². The Hall–Kier alpha value is -2.34. The summed E-state index contributed by atoms with van der Waals surface area (Å²) in [6.07, 6.45) is 0. The van der Waals surface area contributed by atoms with Crippen LogP contribution in [0.25, 0.3) is 0 Å². The van der Waals surface area contributed by atoms with Crippen molar-refractivity contribution in [1.29, 1.82) is 0 Å². The molecule has 1 aromatic carbocycles. The Morgan fingerprint density at radius 1 is 1.38 bits per heavy atom. The van der Waals surface area contributed by atoms with Crippen molar-refractivity contribution in [3.05, 3.63) is 52.3 Å². The minimum Gasteiger partial charge on any atom is -0.352 e. The highest BCUT2D eigenvalue weighted by molar-refractivity contribution is 6.31. The molecule has 2 amide bonds. The van der Waals surface area contributed by atoms with E-state index >= 15 is 0 Å². The molecule has 1 saturated heterocycles. The Kier molecular flexibility index (Phi) is 4.57. The highest BCUT2D eigenvalue weighted by atomic mass is 35.5. The first-order chi connectivity index (χ1) is 11.5. The zero-order valence-corrected chi connectivity index (χ0v) is 14.4. The van der Waals surface area contributed by atoms with Gasteiger partial charge < -0.3 is 10.2 Å². The van der Waals surface area contributed by atoms with Gasteiger partial charge in [-0.05, 0) is 26.0 Å². The number of carbonyl (C=O) groups is 2. The van der Waals surface area contributed by atoms with Gasteiger partial charge in [0.25, 0.3) is 0 Å². The predicted octanol–water partition coefficient (Wildman–Crippen LogP) is 1.85. The van der Waals surface area contributed by atoms with Crippen LogP contribution in [0.3, 0.4) is 0 Å². The van der Waals surface area contributed by atoms with Gasteiger partial charge in [0.1, 0.15) is 12.6 Å². The Bertz CT molecular complexity index is 787. The molecule has 24 heavy (non-hydrogen) atoms. The van der Waals surface area contributed by atoms with E-state index in [0.717, 1.165) is 11.4 Å². The molecule has 0 radical (unpaired) electrons. The number of piperazine rings is 1. The first-order valence-corrected chi connectivity index (χ1v) is 8.18. The molecule has 1 aromatic heterocycles. The van der Waals surface area contributed by atoms with Crippen LogP contribution < -0.4 is 5.32 Å². The lowest BCUT2D eigenvalue weighted by molar-refractivity contribution is -0.144. The molecule has 1 aliphatic rings. The molecule has 1 fully saturated rings. The molecule has 0 spiro atoms. The lowest BCUT2D eigenvalue weighted by atomic mass is 10.0. The number of benzene rings is 1. The topological polar surface area (TPSA) is 67.2 Å². The second-order valence-electron chi connectivity index (χ2n) is 5.89. The molecule has 7 heteroatoms. The highest BCUT2D eigenvalue weighted by Gasteiger charge is 2.35. The van der Waals surface area contributed by atoms with Crippen LogP contribution in [0.1, 0.15) is 23.0 Å². The Labute approximate surface area is 145 Å². The van der Waals surface area contributed by atoms with E-state index < -0.39 is 6.04 Å². The van der Waals surface area contributed by atoms with Crippen molar-refractivity contribution < 1.29 is 9.59 Å². The molecular weight excluding hydrogens is 328 g/mol. The number of hydrogen-bond donors (Lipinski definition) is 1. The number of nitrogens with one attached hydrogen (secondary N) is 1. The monoisotopic (exact) mass is 346 g/mol. The number of carbonyl (C=O) groups excluding carboxylic acids is 2. The van der Waals surface area contributed by atoms with Crippen molar-refractivity contribution in [1.82, 2.24) is 20.0 Å². The van der Waals surface area contributed by atoms with Gasteiger partial charge in [-0.3, -0.25) is 14.3 Å². The summed E-state index contributed by atoms with van der Waals surface area (Å²) in [4.78, 5) is 26.8. The van der Waals surface area contributed by atoms with Crippen molar-refractivity contribution in [3.63, 3.8) is 0 Å². The summed E-state index contributed by atoms with van der Waals surface area (Å²) in [7, 11) is 0. The van der Waals surface area contributed by atoms with Gasteiger partial charge in [0, 0.05) is 29.4 Å². The summed E-state index contributed by atoms with van der Waals surface area (Å²) in [5, 5.41) is 7.61. The lowest BCUT2D eigenvalue weighted by Crippen LogP contribution is -2.53. The smallest absolute Gasteiger partial charge is 0.247 e. The molecule has 1 N–H and O–H groups in total. The van der Waals surface area contributed by atoms with Crippen LogP contribution in [-0.4, -0.2) is 39.6 Å². The van der Waals surface area contributed by atoms with Crippen LogP contribution in [0, 0.1) is 13.8 Å². The maximum Gasteiger partial charge on any atom is 0.247 e. The van der Waals surface area contributed by atoms with Crippen LogP contribution in [0.5, 0.6) is 0 Å². The molecule has 2 heterocycles.